The summed E-state index contributed by atoms with van der Waals surface area (Å²) in [6, 6.07) is 0. The molecule has 0 bridgehead atoms. The summed E-state index contributed by atoms with van der Waals surface area (Å²) in [4.78, 5) is 23.2. The first kappa shape index (κ1) is 22.2. The maximum atomic E-state index is 11.6. The van der Waals surface area contributed by atoms with Crippen molar-refractivity contribution < 1.29 is 19.1 Å². The van der Waals surface area contributed by atoms with E-state index < -0.39 is 11.9 Å². The smallest absolute Gasteiger partial charge is 0.335 e. The van der Waals surface area contributed by atoms with Gasteiger partial charge in [-0.1, -0.05) is 40.5 Å². The summed E-state index contributed by atoms with van der Waals surface area (Å²) >= 11 is 0. The van der Waals surface area contributed by atoms with E-state index in [0.29, 0.717) is 0 Å². The van der Waals surface area contributed by atoms with Crippen molar-refractivity contribution in [3.8, 4) is 0 Å². The maximum absolute atomic E-state index is 11.6. The number of unbranched alkanes of at least 4 members (excludes halogenated alkanes) is 2. The summed E-state index contributed by atoms with van der Waals surface area (Å²) in [7, 11) is 0. The molecule has 0 rings (SSSR count). The second-order valence-electron chi connectivity index (χ2n) is 5.67. The van der Waals surface area contributed by atoms with Crippen LogP contribution in [0.3, 0.4) is 0 Å². The summed E-state index contributed by atoms with van der Waals surface area (Å²) in [6.45, 7) is 8.29. The molecule has 0 amide bonds. The molecule has 0 aromatic carbocycles. The van der Waals surface area contributed by atoms with Crippen LogP contribution in [0.5, 0.6) is 0 Å². The van der Waals surface area contributed by atoms with Crippen LogP contribution in [0, 0.1) is 0 Å². The number of rotatable bonds is 12. The van der Waals surface area contributed by atoms with E-state index in [1.54, 1.807) is 0 Å². The Morgan fingerprint density at radius 1 is 0.708 bits per heavy atom. The molecule has 24 heavy (non-hydrogen) atoms. The molecule has 0 unspecified atom stereocenters. The number of hydrogen-bond donors (Lipinski definition) is 0. The number of carbonyl (C=O) groups is 2. The fraction of sp³-hybridized carbons (Fsp3) is 0.600. The lowest BCUT2D eigenvalue weighted by molar-refractivity contribution is -0.135. The topological polar surface area (TPSA) is 52.6 Å². The predicted molar refractivity (Wildman–Crippen MR) is 97.1 cm³/mol. The van der Waals surface area contributed by atoms with Gasteiger partial charge < -0.3 is 9.47 Å². The van der Waals surface area contributed by atoms with Gasteiger partial charge >= 0.3 is 11.9 Å². The van der Waals surface area contributed by atoms with Crippen LogP contribution < -0.4 is 0 Å². The fourth-order valence-corrected chi connectivity index (χ4v) is 1.94. The SMILES string of the molecule is CCCCC(=COC(=O)/C=C/C(=O)OC=C(CC)CCCC)CC. The van der Waals surface area contributed by atoms with Crippen molar-refractivity contribution in [3.05, 3.63) is 35.8 Å². The van der Waals surface area contributed by atoms with Gasteiger partial charge in [0, 0.05) is 12.2 Å². The molecule has 0 fully saturated rings. The largest absolute Gasteiger partial charge is 0.431 e. The van der Waals surface area contributed by atoms with Crippen LogP contribution in [0.4, 0.5) is 0 Å². The van der Waals surface area contributed by atoms with Crippen molar-refractivity contribution in [3.63, 3.8) is 0 Å². The third kappa shape index (κ3) is 11.7. The monoisotopic (exact) mass is 336 g/mol. The van der Waals surface area contributed by atoms with Crippen molar-refractivity contribution in [2.45, 2.75) is 79.1 Å². The molecule has 0 saturated heterocycles. The van der Waals surface area contributed by atoms with E-state index in [-0.39, 0.29) is 0 Å². The molecule has 136 valence electrons. The lowest BCUT2D eigenvalue weighted by atomic mass is 10.1. The van der Waals surface area contributed by atoms with Gasteiger partial charge in [0.05, 0.1) is 12.5 Å². The highest BCUT2D eigenvalue weighted by Crippen LogP contribution is 2.12. The third-order valence-electron chi connectivity index (χ3n) is 3.65. The van der Waals surface area contributed by atoms with Gasteiger partial charge in [0.25, 0.3) is 0 Å². The molecule has 0 aromatic heterocycles. The Bertz CT molecular complexity index is 416. The van der Waals surface area contributed by atoms with E-state index in [1.807, 2.05) is 13.8 Å². The van der Waals surface area contributed by atoms with E-state index in [4.69, 9.17) is 9.47 Å². The van der Waals surface area contributed by atoms with Gasteiger partial charge in [0.15, 0.2) is 0 Å². The zero-order valence-corrected chi connectivity index (χ0v) is 15.6. The normalized spacial score (nSPS) is 12.5. The van der Waals surface area contributed by atoms with Crippen LogP contribution in [-0.2, 0) is 19.1 Å². The first-order valence-corrected chi connectivity index (χ1v) is 9.02. The Hall–Kier alpha value is -1.84. The molecule has 0 heterocycles. The molecule has 0 aliphatic heterocycles. The van der Waals surface area contributed by atoms with Crippen LogP contribution in [0.1, 0.15) is 79.1 Å². The zero-order chi connectivity index (χ0) is 18.2. The van der Waals surface area contributed by atoms with Crippen molar-refractivity contribution in [2.24, 2.45) is 0 Å². The highest BCUT2D eigenvalue weighted by atomic mass is 16.5. The number of allylic oxidation sites excluding steroid dienone is 2. The molecule has 0 aliphatic carbocycles. The van der Waals surface area contributed by atoms with Crippen molar-refractivity contribution in [1.82, 2.24) is 0 Å². The average molecular weight is 336 g/mol. The third-order valence-corrected chi connectivity index (χ3v) is 3.65. The molecular formula is C20H32O4. The maximum Gasteiger partial charge on any atom is 0.335 e. The van der Waals surface area contributed by atoms with Gasteiger partial charge in [0.1, 0.15) is 0 Å². The Kier molecular flexibility index (Phi) is 13.6. The zero-order valence-electron chi connectivity index (χ0n) is 15.6. The Morgan fingerprint density at radius 2 is 1.08 bits per heavy atom. The van der Waals surface area contributed by atoms with E-state index in [0.717, 1.165) is 74.7 Å². The molecule has 0 atom stereocenters. The molecule has 0 N–H and O–H groups in total. The summed E-state index contributed by atoms with van der Waals surface area (Å²) < 4.78 is 10.1. The second kappa shape index (κ2) is 14.7. The number of esters is 2. The second-order valence-corrected chi connectivity index (χ2v) is 5.67. The van der Waals surface area contributed by atoms with Crippen LogP contribution in [0.25, 0.3) is 0 Å². The highest BCUT2D eigenvalue weighted by Gasteiger charge is 2.02. The summed E-state index contributed by atoms with van der Waals surface area (Å²) in [5.41, 5.74) is 2.18. The van der Waals surface area contributed by atoms with Gasteiger partial charge in [-0.25, -0.2) is 9.59 Å². The molecule has 0 aliphatic rings. The van der Waals surface area contributed by atoms with Crippen LogP contribution >= 0.6 is 0 Å². The highest BCUT2D eigenvalue weighted by molar-refractivity contribution is 5.92. The number of ether oxygens (including phenoxy) is 2. The standard InChI is InChI=1S/C20H32O4/c1-5-9-11-17(7-3)15-23-19(21)13-14-20(22)24-16-18(8-4)12-10-6-2/h13-16H,5-12H2,1-4H3/b14-13+,17-15?,18-16?. The van der Waals surface area contributed by atoms with Gasteiger partial charge in [0.2, 0.25) is 0 Å². The summed E-state index contributed by atoms with van der Waals surface area (Å²) in [5, 5.41) is 0. The lowest BCUT2D eigenvalue weighted by Crippen LogP contribution is -2.00. The van der Waals surface area contributed by atoms with Crippen molar-refractivity contribution in [1.29, 1.82) is 0 Å². The lowest BCUT2D eigenvalue weighted by Gasteiger charge is -2.03. The molecule has 4 nitrogen and oxygen atoms in total. The van der Waals surface area contributed by atoms with E-state index in [2.05, 4.69) is 13.8 Å². The predicted octanol–water partition coefficient (Wildman–Crippen LogP) is 5.60. The molecule has 0 radical (unpaired) electrons. The first-order chi connectivity index (χ1) is 11.6. The summed E-state index contributed by atoms with van der Waals surface area (Å²) in [6.07, 6.45) is 13.1. The number of hydrogen-bond acceptors (Lipinski definition) is 4. The van der Waals surface area contributed by atoms with Crippen LogP contribution in [0.2, 0.25) is 0 Å². The van der Waals surface area contributed by atoms with Gasteiger partial charge in [-0.15, -0.1) is 0 Å². The minimum absolute atomic E-state index is 0.569. The van der Waals surface area contributed by atoms with E-state index in [9.17, 15) is 9.59 Å². The van der Waals surface area contributed by atoms with Crippen LogP contribution in [0.15, 0.2) is 35.8 Å². The Morgan fingerprint density at radius 3 is 1.38 bits per heavy atom. The van der Waals surface area contributed by atoms with Crippen molar-refractivity contribution in [2.75, 3.05) is 0 Å². The molecule has 0 spiro atoms. The fourth-order valence-electron chi connectivity index (χ4n) is 1.94. The van der Waals surface area contributed by atoms with Gasteiger partial charge in [-0.3, -0.25) is 0 Å². The average Bonchev–Trinajstić information content (AvgIpc) is 2.60. The van der Waals surface area contributed by atoms with Gasteiger partial charge in [-0.2, -0.15) is 0 Å². The van der Waals surface area contributed by atoms with Crippen LogP contribution in [-0.4, -0.2) is 11.9 Å². The molecule has 4 heteroatoms. The van der Waals surface area contributed by atoms with Crippen molar-refractivity contribution >= 4 is 11.9 Å². The molecule has 0 aromatic rings. The van der Waals surface area contributed by atoms with E-state index in [1.165, 1.54) is 12.5 Å². The molecular weight excluding hydrogens is 304 g/mol. The summed E-state index contributed by atoms with van der Waals surface area (Å²) in [5.74, 6) is -1.14. The minimum atomic E-state index is -0.569. The first-order valence-electron chi connectivity index (χ1n) is 9.02. The van der Waals surface area contributed by atoms with E-state index >= 15 is 0 Å². The molecule has 0 saturated carbocycles. The quantitative estimate of drug-likeness (QED) is 0.264. The Labute approximate surface area is 146 Å². The minimum Gasteiger partial charge on any atom is -0.431 e. The Balaban J connectivity index is 4.35. The van der Waals surface area contributed by atoms with Gasteiger partial charge in [-0.05, 0) is 49.7 Å². The number of carbonyl (C=O) groups excluding carboxylic acids is 2.